The summed E-state index contributed by atoms with van der Waals surface area (Å²) in [4.78, 5) is 16.3. The van der Waals surface area contributed by atoms with E-state index in [0.717, 1.165) is 0 Å². The maximum Gasteiger partial charge on any atom is 0.393 e. The molecule has 2 N–H and O–H groups in total. The van der Waals surface area contributed by atoms with Crippen molar-refractivity contribution in [2.45, 2.75) is 44.8 Å². The molecule has 1 fully saturated rings. The van der Waals surface area contributed by atoms with Crippen LogP contribution < -0.4 is 10.6 Å². The average Bonchev–Trinajstić information content (AvgIpc) is 3.01. The van der Waals surface area contributed by atoms with E-state index in [2.05, 4.69) is 20.8 Å². The Labute approximate surface area is 148 Å². The number of amides is 2. The van der Waals surface area contributed by atoms with Gasteiger partial charge in [-0.05, 0) is 25.0 Å². The molecule has 1 aliphatic carbocycles. The monoisotopic (exact) mass is 368 g/mol. The molecule has 3 rings (SSSR count). The highest BCUT2D eigenvalue weighted by molar-refractivity contribution is 5.90. The van der Waals surface area contributed by atoms with Crippen LogP contribution >= 0.6 is 0 Å². The Morgan fingerprint density at radius 3 is 2.73 bits per heavy atom. The molecular formula is C17H19F3N4O2. The lowest BCUT2D eigenvalue weighted by Crippen LogP contribution is -2.48. The van der Waals surface area contributed by atoms with Gasteiger partial charge in [0.15, 0.2) is 0 Å². The molecule has 0 aliphatic heterocycles. The summed E-state index contributed by atoms with van der Waals surface area (Å²) in [6.45, 7) is 1.66. The van der Waals surface area contributed by atoms with Crippen molar-refractivity contribution in [2.75, 3.05) is 5.32 Å². The van der Waals surface area contributed by atoms with E-state index in [1.165, 1.54) is 0 Å². The molecule has 0 unspecified atom stereocenters. The standard InChI is InChI=1S/C17H19F3N4O2/c1-10-21-15(24-26-10)11-5-4-6-12(9-11)22-16(25)23-14-8-3-2-7-13(14)17(18,19)20/h4-6,9,13-14H,2-3,7-8H2,1H3,(H2,22,23,25)/t13-,14-/m1/s1. The van der Waals surface area contributed by atoms with E-state index < -0.39 is 24.2 Å². The molecule has 2 atom stereocenters. The lowest BCUT2D eigenvalue weighted by Gasteiger charge is -2.33. The smallest absolute Gasteiger partial charge is 0.339 e. The van der Waals surface area contributed by atoms with Gasteiger partial charge in [0.05, 0.1) is 5.92 Å². The maximum atomic E-state index is 13.1. The lowest BCUT2D eigenvalue weighted by atomic mass is 9.84. The number of carbonyl (C=O) groups is 1. The third-order valence-corrected chi connectivity index (χ3v) is 4.41. The first-order valence-electron chi connectivity index (χ1n) is 8.38. The van der Waals surface area contributed by atoms with Gasteiger partial charge < -0.3 is 15.2 Å². The van der Waals surface area contributed by atoms with Crippen molar-refractivity contribution in [1.29, 1.82) is 0 Å². The Hall–Kier alpha value is -2.58. The number of urea groups is 1. The number of halogens is 3. The van der Waals surface area contributed by atoms with Gasteiger partial charge in [0.2, 0.25) is 11.7 Å². The largest absolute Gasteiger partial charge is 0.393 e. The van der Waals surface area contributed by atoms with Crippen molar-refractivity contribution in [3.05, 3.63) is 30.2 Å². The van der Waals surface area contributed by atoms with E-state index in [-0.39, 0.29) is 6.42 Å². The van der Waals surface area contributed by atoms with E-state index in [1.807, 2.05) is 0 Å². The van der Waals surface area contributed by atoms with Crippen LogP contribution in [0.5, 0.6) is 0 Å². The molecule has 140 valence electrons. The molecule has 1 aromatic carbocycles. The van der Waals surface area contributed by atoms with Crippen LogP contribution in [0.25, 0.3) is 11.4 Å². The minimum absolute atomic E-state index is 0.0428. The molecule has 6 nitrogen and oxygen atoms in total. The number of aromatic nitrogens is 2. The van der Waals surface area contributed by atoms with Crippen LogP contribution in [0.3, 0.4) is 0 Å². The molecule has 0 spiro atoms. The Morgan fingerprint density at radius 2 is 2.04 bits per heavy atom. The summed E-state index contributed by atoms with van der Waals surface area (Å²) in [7, 11) is 0. The van der Waals surface area contributed by atoms with Gasteiger partial charge in [0.25, 0.3) is 0 Å². The number of hydrogen-bond donors (Lipinski definition) is 2. The molecule has 9 heteroatoms. The first-order chi connectivity index (χ1) is 12.3. The molecule has 0 radical (unpaired) electrons. The highest BCUT2D eigenvalue weighted by Gasteiger charge is 2.45. The van der Waals surface area contributed by atoms with Crippen LogP contribution in [0.4, 0.5) is 23.7 Å². The van der Waals surface area contributed by atoms with Gasteiger partial charge in [0.1, 0.15) is 0 Å². The zero-order chi connectivity index (χ0) is 18.7. The van der Waals surface area contributed by atoms with Gasteiger partial charge in [-0.2, -0.15) is 18.2 Å². The van der Waals surface area contributed by atoms with E-state index >= 15 is 0 Å². The predicted octanol–water partition coefficient (Wildman–Crippen LogP) is 4.29. The number of nitrogens with zero attached hydrogens (tertiary/aromatic N) is 2. The second-order valence-corrected chi connectivity index (χ2v) is 6.36. The summed E-state index contributed by atoms with van der Waals surface area (Å²) in [6, 6.07) is 5.13. The molecule has 1 heterocycles. The summed E-state index contributed by atoms with van der Waals surface area (Å²) < 4.78 is 44.3. The average molecular weight is 368 g/mol. The number of anilines is 1. The number of hydrogen-bond acceptors (Lipinski definition) is 4. The lowest BCUT2D eigenvalue weighted by molar-refractivity contribution is -0.187. The normalized spacial score (nSPS) is 20.6. The van der Waals surface area contributed by atoms with E-state index in [1.54, 1.807) is 31.2 Å². The van der Waals surface area contributed by atoms with Gasteiger partial charge in [-0.3, -0.25) is 0 Å². The summed E-state index contributed by atoms with van der Waals surface area (Å²) >= 11 is 0. The molecule has 0 saturated heterocycles. The highest BCUT2D eigenvalue weighted by atomic mass is 19.4. The SMILES string of the molecule is Cc1nc(-c2cccc(NC(=O)N[C@@H]3CCCC[C@H]3C(F)(F)F)c2)no1. The Balaban J connectivity index is 1.66. The third-order valence-electron chi connectivity index (χ3n) is 4.41. The van der Waals surface area contributed by atoms with E-state index in [0.29, 0.717) is 42.2 Å². The fourth-order valence-electron chi connectivity index (χ4n) is 3.18. The number of aryl methyl sites for hydroxylation is 1. The first-order valence-corrected chi connectivity index (χ1v) is 8.38. The molecule has 1 saturated carbocycles. The van der Waals surface area contributed by atoms with Crippen molar-refractivity contribution in [1.82, 2.24) is 15.5 Å². The van der Waals surface area contributed by atoms with Crippen LogP contribution in [0.2, 0.25) is 0 Å². The number of carbonyl (C=O) groups excluding carboxylic acids is 1. The van der Waals surface area contributed by atoms with Gasteiger partial charge >= 0.3 is 12.2 Å². The third kappa shape index (κ3) is 4.33. The topological polar surface area (TPSA) is 80.0 Å². The fourth-order valence-corrected chi connectivity index (χ4v) is 3.18. The number of rotatable bonds is 3. The van der Waals surface area contributed by atoms with Crippen LogP contribution in [0.15, 0.2) is 28.8 Å². The minimum Gasteiger partial charge on any atom is -0.339 e. The summed E-state index contributed by atoms with van der Waals surface area (Å²) in [5.74, 6) is -0.724. The van der Waals surface area contributed by atoms with Crippen molar-refractivity contribution >= 4 is 11.7 Å². The van der Waals surface area contributed by atoms with Crippen molar-refractivity contribution in [2.24, 2.45) is 5.92 Å². The molecule has 1 aliphatic rings. The van der Waals surface area contributed by atoms with Crippen LogP contribution in [0, 0.1) is 12.8 Å². The summed E-state index contributed by atoms with van der Waals surface area (Å²) in [5, 5.41) is 8.84. The van der Waals surface area contributed by atoms with Gasteiger partial charge in [0, 0.05) is 24.2 Å². The quantitative estimate of drug-likeness (QED) is 0.847. The maximum absolute atomic E-state index is 13.1. The Morgan fingerprint density at radius 1 is 1.27 bits per heavy atom. The number of alkyl halides is 3. The van der Waals surface area contributed by atoms with E-state index in [4.69, 9.17) is 4.52 Å². The first kappa shape index (κ1) is 18.2. The van der Waals surface area contributed by atoms with Gasteiger partial charge in [-0.25, -0.2) is 4.79 Å². The molecule has 2 aromatic rings. The highest BCUT2D eigenvalue weighted by Crippen LogP contribution is 2.37. The minimum atomic E-state index is -4.31. The van der Waals surface area contributed by atoms with Crippen molar-refractivity contribution < 1.29 is 22.5 Å². The molecule has 1 aromatic heterocycles. The Kier molecular flexibility index (Phi) is 5.15. The van der Waals surface area contributed by atoms with Crippen LogP contribution in [0.1, 0.15) is 31.6 Å². The Bertz CT molecular complexity index is 775. The second kappa shape index (κ2) is 7.35. The zero-order valence-corrected chi connectivity index (χ0v) is 14.1. The van der Waals surface area contributed by atoms with Crippen LogP contribution in [-0.4, -0.2) is 28.4 Å². The molecule has 26 heavy (non-hydrogen) atoms. The fraction of sp³-hybridized carbons (Fsp3) is 0.471. The molecule has 0 bridgehead atoms. The van der Waals surface area contributed by atoms with Crippen molar-refractivity contribution in [3.63, 3.8) is 0 Å². The van der Waals surface area contributed by atoms with Gasteiger partial charge in [-0.15, -0.1) is 0 Å². The number of benzene rings is 1. The molecular weight excluding hydrogens is 349 g/mol. The van der Waals surface area contributed by atoms with Crippen molar-refractivity contribution in [3.8, 4) is 11.4 Å². The number of nitrogens with one attached hydrogen (secondary N) is 2. The predicted molar refractivity (Wildman–Crippen MR) is 88.4 cm³/mol. The van der Waals surface area contributed by atoms with Gasteiger partial charge in [-0.1, -0.05) is 30.1 Å². The second-order valence-electron chi connectivity index (χ2n) is 6.36. The summed E-state index contributed by atoms with van der Waals surface area (Å²) in [6.07, 6.45) is -2.75. The van der Waals surface area contributed by atoms with E-state index in [9.17, 15) is 18.0 Å². The zero-order valence-electron chi connectivity index (χ0n) is 14.1. The molecule has 2 amide bonds. The summed E-state index contributed by atoms with van der Waals surface area (Å²) in [5.41, 5.74) is 1.06. The van der Waals surface area contributed by atoms with Crippen LogP contribution in [-0.2, 0) is 0 Å².